The van der Waals surface area contributed by atoms with Gasteiger partial charge in [0.05, 0.1) is 0 Å². The molecule has 0 unspecified atom stereocenters. The molecule has 102 valence electrons. The molecule has 0 atom stereocenters. The molecule has 0 bridgehead atoms. The van der Waals surface area contributed by atoms with Crippen LogP contribution in [0.5, 0.6) is 0 Å². The van der Waals surface area contributed by atoms with E-state index in [1.165, 1.54) is 20.5 Å². The van der Waals surface area contributed by atoms with Crippen LogP contribution in [0.4, 0.5) is 0 Å². The average molecular weight is 299 g/mol. The Hall–Kier alpha value is -1.29. The molecule has 3 heteroatoms. The maximum absolute atomic E-state index is 3.50. The van der Waals surface area contributed by atoms with Gasteiger partial charge in [-0.1, -0.05) is 42.5 Å². The Morgan fingerprint density at radius 1 is 0.950 bits per heavy atom. The van der Waals surface area contributed by atoms with Gasteiger partial charge < -0.3 is 5.32 Å². The third-order valence-corrected chi connectivity index (χ3v) is 5.12. The zero-order valence-electron chi connectivity index (χ0n) is 11.2. The van der Waals surface area contributed by atoms with E-state index < -0.39 is 0 Å². The predicted molar refractivity (Wildman–Crippen MR) is 90.7 cm³/mol. The summed E-state index contributed by atoms with van der Waals surface area (Å²) in [5.74, 6) is 1.10. The second kappa shape index (κ2) is 6.93. The van der Waals surface area contributed by atoms with Crippen molar-refractivity contribution >= 4 is 33.9 Å². The first kappa shape index (κ1) is 13.7. The Balaban J connectivity index is 1.52. The van der Waals surface area contributed by atoms with Crippen molar-refractivity contribution in [2.24, 2.45) is 0 Å². The zero-order chi connectivity index (χ0) is 13.6. The van der Waals surface area contributed by atoms with E-state index in [2.05, 4.69) is 65.3 Å². The molecule has 0 aliphatic rings. The van der Waals surface area contributed by atoms with Crippen LogP contribution in [0.3, 0.4) is 0 Å². The van der Waals surface area contributed by atoms with Crippen molar-refractivity contribution in [3.8, 4) is 0 Å². The van der Waals surface area contributed by atoms with Crippen LogP contribution in [0.25, 0.3) is 10.8 Å². The Kier molecular flexibility index (Phi) is 4.74. The summed E-state index contributed by atoms with van der Waals surface area (Å²) in [6.07, 6.45) is 0. The average Bonchev–Trinajstić information content (AvgIpc) is 3.00. The molecule has 3 aromatic rings. The second-order valence-corrected chi connectivity index (χ2v) is 6.75. The Labute approximate surface area is 128 Å². The molecule has 1 heterocycles. The number of benzene rings is 2. The first-order chi connectivity index (χ1) is 9.93. The van der Waals surface area contributed by atoms with Gasteiger partial charge in [0.1, 0.15) is 0 Å². The molecule has 1 nitrogen and oxygen atoms in total. The summed E-state index contributed by atoms with van der Waals surface area (Å²) in [6.45, 7) is 2.01. The van der Waals surface area contributed by atoms with E-state index >= 15 is 0 Å². The van der Waals surface area contributed by atoms with E-state index in [4.69, 9.17) is 0 Å². The van der Waals surface area contributed by atoms with Crippen LogP contribution >= 0.6 is 23.1 Å². The van der Waals surface area contributed by atoms with Gasteiger partial charge in [0, 0.05) is 28.6 Å². The van der Waals surface area contributed by atoms with Crippen LogP contribution in [0, 0.1) is 0 Å². The number of hydrogen-bond donors (Lipinski definition) is 1. The molecule has 3 rings (SSSR count). The minimum absolute atomic E-state index is 0.980. The van der Waals surface area contributed by atoms with Crippen molar-refractivity contribution in [3.05, 3.63) is 64.9 Å². The molecule has 2 aromatic carbocycles. The van der Waals surface area contributed by atoms with Gasteiger partial charge in [-0.2, -0.15) is 0 Å². The highest BCUT2D eigenvalue weighted by molar-refractivity contribution is 7.99. The third kappa shape index (κ3) is 3.42. The molecule has 0 aliphatic carbocycles. The molecule has 20 heavy (non-hydrogen) atoms. The lowest BCUT2D eigenvalue weighted by molar-refractivity contribution is 0.741. The van der Waals surface area contributed by atoms with Crippen molar-refractivity contribution in [2.45, 2.75) is 11.4 Å². The Morgan fingerprint density at radius 2 is 1.85 bits per heavy atom. The molecule has 0 saturated heterocycles. The lowest BCUT2D eigenvalue weighted by Crippen LogP contribution is -2.15. The van der Waals surface area contributed by atoms with E-state index in [1.807, 2.05) is 23.1 Å². The number of fused-ring (bicyclic) bond motifs is 1. The molecule has 1 N–H and O–H groups in total. The fraction of sp³-hybridized carbons (Fsp3) is 0.176. The van der Waals surface area contributed by atoms with Crippen LogP contribution < -0.4 is 5.32 Å². The summed E-state index contributed by atoms with van der Waals surface area (Å²) < 4.78 is 0. The van der Waals surface area contributed by atoms with Gasteiger partial charge in [0.25, 0.3) is 0 Å². The largest absolute Gasteiger partial charge is 0.311 e. The highest BCUT2D eigenvalue weighted by Gasteiger charge is 2.00. The number of nitrogens with one attached hydrogen (secondary N) is 1. The van der Waals surface area contributed by atoms with Crippen molar-refractivity contribution in [1.29, 1.82) is 0 Å². The summed E-state index contributed by atoms with van der Waals surface area (Å²) in [5.41, 5.74) is 0. The molecular weight excluding hydrogens is 282 g/mol. The van der Waals surface area contributed by atoms with Crippen molar-refractivity contribution < 1.29 is 0 Å². The van der Waals surface area contributed by atoms with Gasteiger partial charge in [0.2, 0.25) is 0 Å². The molecule has 0 saturated carbocycles. The summed E-state index contributed by atoms with van der Waals surface area (Å²) >= 11 is 3.74. The summed E-state index contributed by atoms with van der Waals surface area (Å²) in [4.78, 5) is 2.78. The topological polar surface area (TPSA) is 12.0 Å². The quantitative estimate of drug-likeness (QED) is 0.519. The minimum atomic E-state index is 0.980. The number of thiophene rings is 1. The van der Waals surface area contributed by atoms with Gasteiger partial charge in [0.15, 0.2) is 0 Å². The third-order valence-electron chi connectivity index (χ3n) is 3.17. The van der Waals surface area contributed by atoms with Crippen molar-refractivity contribution in [2.75, 3.05) is 12.3 Å². The lowest BCUT2D eigenvalue weighted by atomic mass is 10.1. The van der Waals surface area contributed by atoms with Gasteiger partial charge in [-0.25, -0.2) is 0 Å². The summed E-state index contributed by atoms with van der Waals surface area (Å²) in [6, 6.07) is 19.4. The highest BCUT2D eigenvalue weighted by atomic mass is 32.2. The normalized spacial score (nSPS) is 11.0. The Morgan fingerprint density at radius 3 is 2.75 bits per heavy atom. The minimum Gasteiger partial charge on any atom is -0.311 e. The number of hydrogen-bond acceptors (Lipinski definition) is 3. The van der Waals surface area contributed by atoms with Crippen LogP contribution in [0.1, 0.15) is 4.88 Å². The smallest absolute Gasteiger partial charge is 0.0300 e. The van der Waals surface area contributed by atoms with E-state index in [0.717, 1.165) is 18.8 Å². The molecule has 0 radical (unpaired) electrons. The van der Waals surface area contributed by atoms with Gasteiger partial charge >= 0.3 is 0 Å². The predicted octanol–water partition coefficient (Wildman–Crippen LogP) is 4.78. The van der Waals surface area contributed by atoms with E-state index in [1.54, 1.807) is 0 Å². The van der Waals surface area contributed by atoms with Gasteiger partial charge in [-0.15, -0.1) is 23.1 Å². The number of thioether (sulfide) groups is 1. The molecule has 0 aliphatic heterocycles. The standard InChI is InChI=1S/C17H17NS2/c1-2-8-16-14(5-1)6-3-9-17(16)20-12-10-18-13-15-7-4-11-19-15/h1-9,11,18H,10,12-13H2. The molecule has 0 fully saturated rings. The molecule has 0 spiro atoms. The molecular formula is C17H17NS2. The van der Waals surface area contributed by atoms with E-state index in [9.17, 15) is 0 Å². The van der Waals surface area contributed by atoms with Crippen molar-refractivity contribution in [1.82, 2.24) is 5.32 Å². The monoisotopic (exact) mass is 299 g/mol. The van der Waals surface area contributed by atoms with Crippen LogP contribution in [-0.2, 0) is 6.54 Å². The first-order valence-corrected chi connectivity index (χ1v) is 8.64. The summed E-state index contributed by atoms with van der Waals surface area (Å²) in [7, 11) is 0. The van der Waals surface area contributed by atoms with E-state index in [-0.39, 0.29) is 0 Å². The maximum atomic E-state index is 3.50. The first-order valence-electron chi connectivity index (χ1n) is 6.77. The second-order valence-electron chi connectivity index (χ2n) is 4.58. The highest BCUT2D eigenvalue weighted by Crippen LogP contribution is 2.27. The fourth-order valence-electron chi connectivity index (χ4n) is 2.18. The van der Waals surface area contributed by atoms with Crippen LogP contribution in [0.15, 0.2) is 64.9 Å². The molecule has 0 amide bonds. The lowest BCUT2D eigenvalue weighted by Gasteiger charge is -2.07. The van der Waals surface area contributed by atoms with Crippen LogP contribution in [0.2, 0.25) is 0 Å². The number of rotatable bonds is 6. The van der Waals surface area contributed by atoms with Gasteiger partial charge in [-0.3, -0.25) is 0 Å². The van der Waals surface area contributed by atoms with E-state index in [0.29, 0.717) is 0 Å². The van der Waals surface area contributed by atoms with Crippen molar-refractivity contribution in [3.63, 3.8) is 0 Å². The van der Waals surface area contributed by atoms with Crippen LogP contribution in [-0.4, -0.2) is 12.3 Å². The molecule has 1 aromatic heterocycles. The summed E-state index contributed by atoms with van der Waals surface area (Å²) in [5, 5.41) is 8.31. The Bertz CT molecular complexity index is 656. The fourth-order valence-corrected chi connectivity index (χ4v) is 3.84. The maximum Gasteiger partial charge on any atom is 0.0300 e. The van der Waals surface area contributed by atoms with Gasteiger partial charge in [-0.05, 0) is 28.3 Å². The zero-order valence-corrected chi connectivity index (χ0v) is 12.8. The SMILES string of the molecule is c1csc(CNCCSc2cccc3ccccc23)c1.